The van der Waals surface area contributed by atoms with E-state index in [1.807, 2.05) is 75.6 Å². The number of H-pyrrole nitrogens is 1. The molecule has 0 saturated heterocycles. The number of benzene rings is 2. The van der Waals surface area contributed by atoms with Gasteiger partial charge in [-0.15, -0.1) is 0 Å². The van der Waals surface area contributed by atoms with Gasteiger partial charge in [-0.2, -0.15) is 10.4 Å². The Morgan fingerprint density at radius 1 is 1.00 bits per heavy atom. The monoisotopic (exact) mass is 551 g/mol. The second-order valence-corrected chi connectivity index (χ2v) is 10.3. The molecule has 6 aromatic rings. The Labute approximate surface area is 241 Å². The van der Waals surface area contributed by atoms with Gasteiger partial charge in [-0.3, -0.25) is 9.48 Å². The largest absolute Gasteiger partial charge is 0.359 e. The lowest BCUT2D eigenvalue weighted by Crippen LogP contribution is -2.23. The highest BCUT2D eigenvalue weighted by Gasteiger charge is 2.32. The van der Waals surface area contributed by atoms with Crippen molar-refractivity contribution in [3.8, 4) is 28.5 Å². The van der Waals surface area contributed by atoms with Gasteiger partial charge in [-0.1, -0.05) is 24.3 Å². The molecule has 0 spiro atoms. The van der Waals surface area contributed by atoms with Crippen molar-refractivity contribution in [2.24, 2.45) is 7.05 Å². The predicted molar refractivity (Wildman–Crippen MR) is 160 cm³/mol. The van der Waals surface area contributed by atoms with Crippen molar-refractivity contribution in [3.63, 3.8) is 0 Å². The number of nitrogens with zero attached hydrogens (tertiary/aromatic N) is 7. The number of hydrogen-bond acceptors (Lipinski definition) is 7. The van der Waals surface area contributed by atoms with Gasteiger partial charge in [0, 0.05) is 59.5 Å². The molecule has 1 aliphatic heterocycles. The molecule has 0 saturated carbocycles. The molecule has 42 heavy (non-hydrogen) atoms. The van der Waals surface area contributed by atoms with Gasteiger partial charge < -0.3 is 15.2 Å². The Morgan fingerprint density at radius 2 is 1.83 bits per heavy atom. The first-order chi connectivity index (χ1) is 20.4. The van der Waals surface area contributed by atoms with Crippen molar-refractivity contribution in [2.75, 3.05) is 10.2 Å². The van der Waals surface area contributed by atoms with Gasteiger partial charge in [0.1, 0.15) is 11.8 Å². The average molecular weight is 552 g/mol. The third-order valence-corrected chi connectivity index (χ3v) is 7.72. The third kappa shape index (κ3) is 4.07. The summed E-state index contributed by atoms with van der Waals surface area (Å²) >= 11 is 0. The molecule has 0 atom stereocenters. The summed E-state index contributed by atoms with van der Waals surface area (Å²) in [6.45, 7) is 4.38. The van der Waals surface area contributed by atoms with Crippen molar-refractivity contribution in [3.05, 3.63) is 101 Å². The van der Waals surface area contributed by atoms with E-state index in [4.69, 9.17) is 10.2 Å². The number of amides is 1. The second kappa shape index (κ2) is 9.67. The number of nitriles is 1. The van der Waals surface area contributed by atoms with E-state index in [-0.39, 0.29) is 5.91 Å². The molecule has 1 aliphatic rings. The van der Waals surface area contributed by atoms with Crippen molar-refractivity contribution < 1.29 is 4.79 Å². The number of carbonyl (C=O) groups is 1. The summed E-state index contributed by atoms with van der Waals surface area (Å²) in [4.78, 5) is 32.5. The molecule has 204 valence electrons. The zero-order valence-electron chi connectivity index (χ0n) is 23.2. The van der Waals surface area contributed by atoms with E-state index < -0.39 is 0 Å². The summed E-state index contributed by atoms with van der Waals surface area (Å²) in [5.41, 5.74) is 9.04. The molecule has 0 unspecified atom stereocenters. The highest BCUT2D eigenvalue weighted by molar-refractivity contribution is 6.15. The van der Waals surface area contributed by atoms with Gasteiger partial charge in [0.15, 0.2) is 5.82 Å². The lowest BCUT2D eigenvalue weighted by atomic mass is 9.98. The highest BCUT2D eigenvalue weighted by atomic mass is 16.2. The van der Waals surface area contributed by atoms with Crippen LogP contribution in [0.3, 0.4) is 0 Å². The lowest BCUT2D eigenvalue weighted by Gasteiger charge is -2.17. The number of para-hydroxylation sites is 1. The Hall–Kier alpha value is -5.82. The van der Waals surface area contributed by atoms with Gasteiger partial charge in [0.05, 0.1) is 23.4 Å². The Balaban J connectivity index is 1.25. The van der Waals surface area contributed by atoms with Gasteiger partial charge in [-0.05, 0) is 54.8 Å². The summed E-state index contributed by atoms with van der Waals surface area (Å²) in [7, 11) is 1.89. The molecule has 10 heteroatoms. The minimum atomic E-state index is -0.0625. The summed E-state index contributed by atoms with van der Waals surface area (Å²) in [6.07, 6.45) is 5.41. The Kier molecular flexibility index (Phi) is 5.80. The van der Waals surface area contributed by atoms with E-state index >= 15 is 0 Å². The zero-order chi connectivity index (χ0) is 29.0. The van der Waals surface area contributed by atoms with Gasteiger partial charge >= 0.3 is 0 Å². The first kappa shape index (κ1) is 25.2. The number of nitrogens with one attached hydrogen (secondary N) is 2. The maximum atomic E-state index is 13.7. The topological polar surface area (TPSA) is 128 Å². The van der Waals surface area contributed by atoms with Crippen LogP contribution >= 0.6 is 0 Å². The van der Waals surface area contributed by atoms with Gasteiger partial charge in [0.2, 0.25) is 5.95 Å². The van der Waals surface area contributed by atoms with Crippen LogP contribution in [0.4, 0.5) is 17.5 Å². The fourth-order valence-corrected chi connectivity index (χ4v) is 5.49. The molecular formula is C32H25N9O. The van der Waals surface area contributed by atoms with Crippen LogP contribution in [0.2, 0.25) is 0 Å². The third-order valence-electron chi connectivity index (χ3n) is 7.72. The number of carbonyl (C=O) groups excluding carboxylic acids is 1. The normalized spacial score (nSPS) is 12.5. The van der Waals surface area contributed by atoms with Crippen LogP contribution in [0, 0.1) is 25.2 Å². The highest BCUT2D eigenvalue weighted by Crippen LogP contribution is 2.40. The number of aromatic amines is 1. The summed E-state index contributed by atoms with van der Waals surface area (Å²) in [6, 6.07) is 19.2. The minimum Gasteiger partial charge on any atom is -0.359 e. The standard InChI is InChI=1S/C32H25N9O/c1-18-14-36-32(37-28-12-19(2)40(3)39-28)38-29(18)25-16-35-30-23(25)7-5-9-27(30)41-17-26-22(6-4-8-24(26)31(41)42)20-10-11-21(13-33)34-15-20/h4-12,14-16,35H,17H2,1-3H3,(H,36,37,38,39). The minimum absolute atomic E-state index is 0.0625. The van der Waals surface area contributed by atoms with Crippen molar-refractivity contribution in [2.45, 2.75) is 20.4 Å². The fraction of sp³-hybridized carbons (Fsp3) is 0.125. The summed E-state index contributed by atoms with van der Waals surface area (Å²) < 4.78 is 1.79. The average Bonchev–Trinajstić information content (AvgIpc) is 3.68. The molecule has 0 fully saturated rings. The van der Waals surface area contributed by atoms with Crippen LogP contribution in [0.5, 0.6) is 0 Å². The molecule has 2 N–H and O–H groups in total. The molecule has 0 radical (unpaired) electrons. The van der Waals surface area contributed by atoms with Crippen molar-refractivity contribution in [1.82, 2.24) is 29.7 Å². The number of pyridine rings is 1. The van der Waals surface area contributed by atoms with Crippen LogP contribution < -0.4 is 10.2 Å². The molecule has 10 nitrogen and oxygen atoms in total. The fourth-order valence-electron chi connectivity index (χ4n) is 5.49. The summed E-state index contributed by atoms with van der Waals surface area (Å²) in [5.74, 6) is 1.07. The van der Waals surface area contributed by atoms with Crippen molar-refractivity contribution >= 4 is 34.3 Å². The van der Waals surface area contributed by atoms with Crippen LogP contribution in [-0.2, 0) is 13.6 Å². The number of hydrogen-bond donors (Lipinski definition) is 2. The number of rotatable bonds is 5. The van der Waals surface area contributed by atoms with Crippen LogP contribution in [0.15, 0.2) is 73.2 Å². The smallest absolute Gasteiger partial charge is 0.259 e. The van der Waals surface area contributed by atoms with Crippen LogP contribution in [0.25, 0.3) is 33.3 Å². The molecule has 1 amide bonds. The predicted octanol–water partition coefficient (Wildman–Crippen LogP) is 5.81. The van der Waals surface area contributed by atoms with E-state index in [9.17, 15) is 4.79 Å². The molecule has 7 rings (SSSR count). The first-order valence-electron chi connectivity index (χ1n) is 13.4. The van der Waals surface area contributed by atoms with E-state index in [0.29, 0.717) is 29.6 Å². The molecule has 5 heterocycles. The molecule has 0 aliphatic carbocycles. The lowest BCUT2D eigenvalue weighted by molar-refractivity contribution is 0.0997. The molecule has 2 aromatic carbocycles. The molecule has 0 bridgehead atoms. The van der Waals surface area contributed by atoms with E-state index in [2.05, 4.69) is 31.4 Å². The maximum absolute atomic E-state index is 13.7. The molecular weight excluding hydrogens is 526 g/mol. The number of fused-ring (bicyclic) bond motifs is 2. The van der Waals surface area contributed by atoms with Gasteiger partial charge in [0.25, 0.3) is 5.91 Å². The zero-order valence-corrected chi connectivity index (χ0v) is 23.2. The number of aryl methyl sites for hydroxylation is 3. The van der Waals surface area contributed by atoms with Crippen LogP contribution in [0.1, 0.15) is 32.9 Å². The van der Waals surface area contributed by atoms with E-state index in [1.165, 1.54) is 0 Å². The summed E-state index contributed by atoms with van der Waals surface area (Å²) in [5, 5.41) is 17.7. The number of aromatic nitrogens is 6. The van der Waals surface area contributed by atoms with Gasteiger partial charge in [-0.25, -0.2) is 15.0 Å². The SMILES string of the molecule is Cc1cnc(Nc2cc(C)n(C)n2)nc1-c1c[nH]c2c(N3Cc4c(cccc4-c4ccc(C#N)nc4)C3=O)cccc12. The van der Waals surface area contributed by atoms with Crippen molar-refractivity contribution in [1.29, 1.82) is 5.26 Å². The first-order valence-corrected chi connectivity index (χ1v) is 13.4. The maximum Gasteiger partial charge on any atom is 0.259 e. The quantitative estimate of drug-likeness (QED) is 0.277. The second-order valence-electron chi connectivity index (χ2n) is 10.3. The van der Waals surface area contributed by atoms with Crippen LogP contribution in [-0.4, -0.2) is 35.6 Å². The molecule has 4 aromatic heterocycles. The van der Waals surface area contributed by atoms with E-state index in [0.717, 1.165) is 55.8 Å². The number of anilines is 3. The Bertz CT molecular complexity index is 2050. The van der Waals surface area contributed by atoms with E-state index in [1.54, 1.807) is 28.0 Å². The Morgan fingerprint density at radius 3 is 2.60 bits per heavy atom.